The van der Waals surface area contributed by atoms with Crippen LogP contribution in [0.2, 0.25) is 0 Å². The highest BCUT2D eigenvalue weighted by molar-refractivity contribution is 5.38. The van der Waals surface area contributed by atoms with Gasteiger partial charge in [0, 0.05) is 17.8 Å². The van der Waals surface area contributed by atoms with Gasteiger partial charge in [-0.25, -0.2) is 0 Å². The molecule has 0 saturated heterocycles. The fraction of sp³-hybridized carbons (Fsp3) is 0.389. The quantitative estimate of drug-likeness (QED) is 0.916. The molecule has 0 aliphatic rings. The van der Waals surface area contributed by atoms with Crippen molar-refractivity contribution in [3.8, 4) is 0 Å². The molecule has 2 aromatic rings. The minimum atomic E-state index is -0.476. The van der Waals surface area contributed by atoms with Crippen LogP contribution in [-0.4, -0.2) is 10.1 Å². The van der Waals surface area contributed by atoms with Crippen LogP contribution in [0.15, 0.2) is 24.3 Å². The number of aliphatic hydroxyl groups is 1. The summed E-state index contributed by atoms with van der Waals surface area (Å²) in [6, 6.07) is 8.29. The molecule has 1 aromatic heterocycles. The Bertz CT molecular complexity index is 588. The molecule has 1 atom stereocenters. The van der Waals surface area contributed by atoms with E-state index in [2.05, 4.69) is 37.9 Å². The second-order valence-electron chi connectivity index (χ2n) is 5.78. The molecular weight excluding hydrogens is 246 g/mol. The second-order valence-corrected chi connectivity index (χ2v) is 5.78. The molecule has 0 saturated carbocycles. The maximum atomic E-state index is 10.5. The molecule has 0 aliphatic heterocycles. The van der Waals surface area contributed by atoms with Gasteiger partial charge < -0.3 is 5.11 Å². The van der Waals surface area contributed by atoms with Gasteiger partial charge in [-0.3, -0.25) is 4.98 Å². The highest BCUT2D eigenvalue weighted by Gasteiger charge is 2.13. The molecule has 1 heterocycles. The summed E-state index contributed by atoms with van der Waals surface area (Å²) in [6.45, 7) is 10.3. The average Bonchev–Trinajstić information content (AvgIpc) is 2.32. The van der Waals surface area contributed by atoms with E-state index in [-0.39, 0.29) is 0 Å². The fourth-order valence-electron chi connectivity index (χ4n) is 2.90. The number of aliphatic hydroxyl groups excluding tert-OH is 1. The third-order valence-electron chi connectivity index (χ3n) is 3.73. The lowest BCUT2D eigenvalue weighted by atomic mass is 9.93. The van der Waals surface area contributed by atoms with Crippen LogP contribution in [0.25, 0.3) is 0 Å². The van der Waals surface area contributed by atoms with Crippen molar-refractivity contribution in [2.45, 2.75) is 47.1 Å². The summed E-state index contributed by atoms with van der Waals surface area (Å²) >= 11 is 0. The zero-order chi connectivity index (χ0) is 14.9. The molecule has 0 fully saturated rings. The summed E-state index contributed by atoms with van der Waals surface area (Å²) in [5, 5.41) is 10.5. The predicted molar refractivity (Wildman–Crippen MR) is 83.0 cm³/mol. The van der Waals surface area contributed by atoms with Crippen molar-refractivity contribution >= 4 is 0 Å². The molecule has 1 N–H and O–H groups in total. The second kappa shape index (κ2) is 5.76. The Morgan fingerprint density at radius 2 is 1.40 bits per heavy atom. The van der Waals surface area contributed by atoms with Crippen molar-refractivity contribution in [2.24, 2.45) is 0 Å². The Hall–Kier alpha value is -1.67. The van der Waals surface area contributed by atoms with Gasteiger partial charge in [0.15, 0.2) is 0 Å². The number of aromatic nitrogens is 1. The van der Waals surface area contributed by atoms with E-state index in [1.165, 1.54) is 22.3 Å². The maximum absolute atomic E-state index is 10.5. The Balaban J connectivity index is 2.30. The van der Waals surface area contributed by atoms with E-state index in [0.717, 1.165) is 17.0 Å². The molecule has 0 spiro atoms. The predicted octanol–water partition coefficient (Wildman–Crippen LogP) is 3.90. The Morgan fingerprint density at radius 1 is 0.900 bits per heavy atom. The van der Waals surface area contributed by atoms with Gasteiger partial charge in [-0.1, -0.05) is 17.7 Å². The van der Waals surface area contributed by atoms with E-state index in [0.29, 0.717) is 6.42 Å². The number of hydrogen-bond donors (Lipinski definition) is 1. The molecule has 106 valence electrons. The van der Waals surface area contributed by atoms with Gasteiger partial charge in [0.25, 0.3) is 0 Å². The van der Waals surface area contributed by atoms with Crippen LogP contribution in [0.1, 0.15) is 45.3 Å². The number of hydrogen-bond acceptors (Lipinski definition) is 2. The van der Waals surface area contributed by atoms with Crippen molar-refractivity contribution in [2.75, 3.05) is 0 Å². The van der Waals surface area contributed by atoms with Crippen molar-refractivity contribution in [1.29, 1.82) is 0 Å². The number of nitrogens with zero attached hydrogens (tertiary/aromatic N) is 1. The third-order valence-corrected chi connectivity index (χ3v) is 3.73. The fourth-order valence-corrected chi connectivity index (χ4v) is 2.90. The number of pyridine rings is 1. The lowest BCUT2D eigenvalue weighted by molar-refractivity contribution is 0.178. The first-order chi connectivity index (χ1) is 9.36. The monoisotopic (exact) mass is 269 g/mol. The van der Waals surface area contributed by atoms with Crippen molar-refractivity contribution in [1.82, 2.24) is 4.98 Å². The first-order valence-corrected chi connectivity index (χ1v) is 7.07. The van der Waals surface area contributed by atoms with E-state index in [9.17, 15) is 5.11 Å². The van der Waals surface area contributed by atoms with Crippen LogP contribution in [-0.2, 0) is 6.42 Å². The molecule has 1 unspecified atom stereocenters. The number of benzene rings is 1. The Morgan fingerprint density at radius 3 is 1.90 bits per heavy atom. The molecule has 1 aromatic carbocycles. The van der Waals surface area contributed by atoms with Gasteiger partial charge in [-0.2, -0.15) is 0 Å². The Kier molecular flexibility index (Phi) is 4.24. The van der Waals surface area contributed by atoms with Crippen molar-refractivity contribution < 1.29 is 5.11 Å². The van der Waals surface area contributed by atoms with E-state index in [1.807, 2.05) is 26.0 Å². The first-order valence-electron chi connectivity index (χ1n) is 7.07. The average molecular weight is 269 g/mol. The van der Waals surface area contributed by atoms with Gasteiger partial charge in [0.1, 0.15) is 0 Å². The van der Waals surface area contributed by atoms with Crippen molar-refractivity contribution in [3.05, 3.63) is 63.5 Å². The lowest BCUT2D eigenvalue weighted by Gasteiger charge is -2.17. The Labute approximate surface area is 121 Å². The zero-order valence-corrected chi connectivity index (χ0v) is 13.0. The van der Waals surface area contributed by atoms with E-state index >= 15 is 0 Å². The highest BCUT2D eigenvalue weighted by atomic mass is 16.3. The highest BCUT2D eigenvalue weighted by Crippen LogP contribution is 2.24. The molecular formula is C18H23NO. The first kappa shape index (κ1) is 14.7. The van der Waals surface area contributed by atoms with Crippen LogP contribution >= 0.6 is 0 Å². The van der Waals surface area contributed by atoms with Gasteiger partial charge >= 0.3 is 0 Å². The smallest absolute Gasteiger partial charge is 0.0831 e. The third kappa shape index (κ3) is 3.26. The standard InChI is InChI=1S/C18H23NO/c1-11-6-12(2)17(13(3)7-11)10-18(20)16-8-14(4)19-15(5)9-16/h6-9,18,20H,10H2,1-5H3. The number of rotatable bonds is 3. The molecule has 0 aliphatic carbocycles. The zero-order valence-electron chi connectivity index (χ0n) is 13.0. The van der Waals surface area contributed by atoms with E-state index in [1.54, 1.807) is 0 Å². The summed E-state index contributed by atoms with van der Waals surface area (Å²) in [5.41, 5.74) is 7.89. The lowest BCUT2D eigenvalue weighted by Crippen LogP contribution is -2.06. The molecule has 2 nitrogen and oxygen atoms in total. The summed E-state index contributed by atoms with van der Waals surface area (Å²) in [4.78, 5) is 4.36. The normalized spacial score (nSPS) is 12.5. The molecule has 2 heteroatoms. The van der Waals surface area contributed by atoms with Crippen molar-refractivity contribution in [3.63, 3.8) is 0 Å². The largest absolute Gasteiger partial charge is 0.388 e. The molecule has 20 heavy (non-hydrogen) atoms. The van der Waals surface area contributed by atoms with E-state index in [4.69, 9.17) is 0 Å². The summed E-state index contributed by atoms with van der Waals surface area (Å²) in [5.74, 6) is 0. The minimum Gasteiger partial charge on any atom is -0.388 e. The summed E-state index contributed by atoms with van der Waals surface area (Å²) in [6.07, 6.45) is 0.177. The SMILES string of the molecule is Cc1cc(C)c(CC(O)c2cc(C)nc(C)c2)c(C)c1. The topological polar surface area (TPSA) is 33.1 Å². The van der Waals surface area contributed by atoms with Crippen LogP contribution in [0, 0.1) is 34.6 Å². The van der Waals surface area contributed by atoms with Crippen LogP contribution in [0.3, 0.4) is 0 Å². The van der Waals surface area contributed by atoms with Crippen LogP contribution in [0.4, 0.5) is 0 Å². The minimum absolute atomic E-state index is 0.476. The summed E-state index contributed by atoms with van der Waals surface area (Å²) < 4.78 is 0. The van der Waals surface area contributed by atoms with Gasteiger partial charge in [-0.15, -0.1) is 0 Å². The molecule has 0 amide bonds. The maximum Gasteiger partial charge on any atom is 0.0831 e. The molecule has 0 bridgehead atoms. The number of aryl methyl sites for hydroxylation is 5. The van der Waals surface area contributed by atoms with Gasteiger partial charge in [0.05, 0.1) is 6.10 Å². The van der Waals surface area contributed by atoms with E-state index < -0.39 is 6.10 Å². The van der Waals surface area contributed by atoms with Crippen LogP contribution in [0.5, 0.6) is 0 Å². The van der Waals surface area contributed by atoms with Crippen LogP contribution < -0.4 is 0 Å². The van der Waals surface area contributed by atoms with Gasteiger partial charge in [0.2, 0.25) is 0 Å². The molecule has 0 radical (unpaired) electrons. The van der Waals surface area contributed by atoms with Gasteiger partial charge in [-0.05, 0) is 69.0 Å². The molecule has 2 rings (SSSR count). The summed E-state index contributed by atoms with van der Waals surface area (Å²) in [7, 11) is 0.